The summed E-state index contributed by atoms with van der Waals surface area (Å²) < 4.78 is 53.3. The monoisotopic (exact) mass is 577 g/mol. The molecule has 13 heteroatoms. The number of likely N-dealkylation sites (tertiary alicyclic amines) is 1. The van der Waals surface area contributed by atoms with Crippen LogP contribution in [0, 0.1) is 0 Å². The number of carbonyl (C=O) groups excluding carboxylic acids is 2. The molecule has 0 unspecified atom stereocenters. The third kappa shape index (κ3) is 7.54. The van der Waals surface area contributed by atoms with Crippen LogP contribution in [-0.4, -0.2) is 55.1 Å². The van der Waals surface area contributed by atoms with E-state index in [1.165, 1.54) is 37.5 Å². The van der Waals surface area contributed by atoms with Gasteiger partial charge in [-0.05, 0) is 68.4 Å². The highest BCUT2D eigenvalue weighted by Gasteiger charge is 2.39. The largest absolute Gasteiger partial charge is 0.490 e. The van der Waals surface area contributed by atoms with Crippen LogP contribution < -0.4 is 25.4 Å². The van der Waals surface area contributed by atoms with E-state index in [9.17, 15) is 22.8 Å². The molecule has 4 rings (SSSR count). The van der Waals surface area contributed by atoms with E-state index in [4.69, 9.17) is 21.1 Å². The molecule has 40 heavy (non-hydrogen) atoms. The van der Waals surface area contributed by atoms with Crippen molar-refractivity contribution in [1.82, 2.24) is 15.2 Å². The van der Waals surface area contributed by atoms with Crippen LogP contribution in [0.25, 0.3) is 0 Å². The van der Waals surface area contributed by atoms with Crippen LogP contribution in [0.1, 0.15) is 28.9 Å². The molecule has 1 aromatic heterocycles. The number of alkyl halides is 3. The van der Waals surface area contributed by atoms with Gasteiger partial charge in [0.1, 0.15) is 29.4 Å². The maximum atomic E-state index is 14.0. The molecule has 3 N–H and O–H groups in total. The fourth-order valence-electron chi connectivity index (χ4n) is 4.12. The highest BCUT2D eigenvalue weighted by Crippen LogP contribution is 2.45. The maximum absolute atomic E-state index is 14.0. The zero-order valence-corrected chi connectivity index (χ0v) is 22.2. The van der Waals surface area contributed by atoms with Crippen molar-refractivity contribution < 1.29 is 32.2 Å². The molecule has 2 heterocycles. The van der Waals surface area contributed by atoms with E-state index in [0.29, 0.717) is 23.7 Å². The van der Waals surface area contributed by atoms with E-state index >= 15 is 0 Å². The Morgan fingerprint density at radius 1 is 1.02 bits per heavy atom. The van der Waals surface area contributed by atoms with Crippen molar-refractivity contribution in [1.29, 1.82) is 0 Å². The van der Waals surface area contributed by atoms with Crippen molar-refractivity contribution in [3.05, 3.63) is 71.0 Å². The number of hydrogen-bond donors (Lipinski definition) is 3. The lowest BCUT2D eigenvalue weighted by Crippen LogP contribution is -2.26. The van der Waals surface area contributed by atoms with Gasteiger partial charge in [-0.3, -0.25) is 14.7 Å². The molecule has 9 nitrogen and oxygen atoms in total. The molecule has 1 saturated heterocycles. The van der Waals surface area contributed by atoms with Crippen LogP contribution in [0.15, 0.2) is 54.7 Å². The van der Waals surface area contributed by atoms with Crippen molar-refractivity contribution in [3.8, 4) is 17.2 Å². The Kier molecular flexibility index (Phi) is 9.33. The number of carbonyl (C=O) groups is 2. The van der Waals surface area contributed by atoms with Crippen LogP contribution in [0.4, 0.5) is 29.3 Å². The third-order valence-electron chi connectivity index (χ3n) is 6.03. The van der Waals surface area contributed by atoms with Crippen LogP contribution in [0.3, 0.4) is 0 Å². The number of amides is 3. The second-order valence-electron chi connectivity index (χ2n) is 8.86. The van der Waals surface area contributed by atoms with Gasteiger partial charge >= 0.3 is 12.2 Å². The summed E-state index contributed by atoms with van der Waals surface area (Å²) in [7, 11) is 1.49. The number of hydrogen-bond acceptors (Lipinski definition) is 6. The number of pyridine rings is 1. The Hall–Kier alpha value is -4.03. The first-order chi connectivity index (χ1) is 19.1. The molecule has 0 aliphatic carbocycles. The minimum absolute atomic E-state index is 0.0273. The van der Waals surface area contributed by atoms with Crippen LogP contribution >= 0.6 is 11.6 Å². The minimum Gasteiger partial charge on any atom is -0.490 e. The average Bonchev–Trinajstić information content (AvgIpc) is 3.44. The van der Waals surface area contributed by atoms with Crippen LogP contribution in [0.2, 0.25) is 5.02 Å². The van der Waals surface area contributed by atoms with Crippen molar-refractivity contribution in [2.24, 2.45) is 0 Å². The lowest BCUT2D eigenvalue weighted by Gasteiger charge is -2.21. The van der Waals surface area contributed by atoms with E-state index < -0.39 is 29.2 Å². The summed E-state index contributed by atoms with van der Waals surface area (Å²) in [5, 5.41) is 7.01. The van der Waals surface area contributed by atoms with Crippen molar-refractivity contribution in [3.63, 3.8) is 0 Å². The van der Waals surface area contributed by atoms with E-state index in [0.717, 1.165) is 32.0 Å². The number of halogens is 4. The van der Waals surface area contributed by atoms with E-state index in [1.54, 1.807) is 18.2 Å². The maximum Gasteiger partial charge on any atom is 0.422 e. The number of nitrogens with zero attached hydrogens (tertiary/aromatic N) is 2. The second-order valence-corrected chi connectivity index (χ2v) is 9.26. The number of ether oxygens (including phenoxy) is 2. The molecular formula is C27H27ClF3N5O4. The Morgan fingerprint density at radius 2 is 1.75 bits per heavy atom. The molecule has 3 aromatic rings. The van der Waals surface area contributed by atoms with Gasteiger partial charge in [0.2, 0.25) is 0 Å². The molecular weight excluding hydrogens is 551 g/mol. The van der Waals surface area contributed by atoms with Gasteiger partial charge in [-0.25, -0.2) is 4.79 Å². The Bertz CT molecular complexity index is 1350. The number of urea groups is 1. The lowest BCUT2D eigenvalue weighted by atomic mass is 10.1. The van der Waals surface area contributed by atoms with Gasteiger partial charge < -0.3 is 25.4 Å². The zero-order valence-electron chi connectivity index (χ0n) is 21.5. The number of nitrogens with one attached hydrogen (secondary N) is 3. The molecule has 2 aromatic carbocycles. The molecule has 212 valence electrons. The summed E-state index contributed by atoms with van der Waals surface area (Å²) in [5.41, 5.74) is -1.17. The molecule has 1 aliphatic rings. The number of rotatable bonds is 9. The number of benzene rings is 2. The van der Waals surface area contributed by atoms with E-state index in [2.05, 4.69) is 25.8 Å². The SMILES string of the molecule is CNC(=O)c1cc(Oc2ccc(NC(=O)Nc3ccc(Cl)c(OCCN4CCCC4)c3C(F)(F)F)cc2)ccn1. The van der Waals surface area contributed by atoms with Crippen molar-refractivity contribution >= 4 is 34.9 Å². The van der Waals surface area contributed by atoms with Gasteiger partial charge in [-0.1, -0.05) is 11.6 Å². The Labute approximate surface area is 233 Å². The van der Waals surface area contributed by atoms with Gasteiger partial charge in [0.15, 0.2) is 5.75 Å². The quantitative estimate of drug-likeness (QED) is 0.287. The van der Waals surface area contributed by atoms with Crippen molar-refractivity contribution in [2.75, 3.05) is 43.9 Å². The fraction of sp³-hybridized carbons (Fsp3) is 0.296. The molecule has 0 atom stereocenters. The first-order valence-corrected chi connectivity index (χ1v) is 12.8. The van der Waals surface area contributed by atoms with E-state index in [1.807, 2.05) is 0 Å². The van der Waals surface area contributed by atoms with Crippen molar-refractivity contribution in [2.45, 2.75) is 19.0 Å². The average molecular weight is 578 g/mol. The topological polar surface area (TPSA) is 105 Å². The summed E-state index contributed by atoms with van der Waals surface area (Å²) >= 11 is 6.07. The number of anilines is 2. The van der Waals surface area contributed by atoms with Gasteiger partial charge in [0.25, 0.3) is 5.91 Å². The van der Waals surface area contributed by atoms with Gasteiger partial charge in [0, 0.05) is 31.5 Å². The fourth-order valence-corrected chi connectivity index (χ4v) is 4.33. The molecule has 3 amide bonds. The second kappa shape index (κ2) is 12.9. The lowest BCUT2D eigenvalue weighted by molar-refractivity contribution is -0.138. The predicted molar refractivity (Wildman–Crippen MR) is 144 cm³/mol. The molecule has 0 saturated carbocycles. The molecule has 1 fully saturated rings. The number of aromatic nitrogens is 1. The summed E-state index contributed by atoms with van der Waals surface area (Å²) in [6, 6.07) is 10.6. The van der Waals surface area contributed by atoms with Gasteiger partial charge in [0.05, 0.1) is 10.7 Å². The third-order valence-corrected chi connectivity index (χ3v) is 6.33. The standard InChI is InChI=1S/C27H27ClF3N5O4/c1-32-25(37)22-16-19(10-11-33-22)40-18-6-4-17(5-7-18)34-26(38)35-21-9-8-20(28)24(23(21)27(29,30)31)39-15-14-36-12-2-3-13-36/h4-11,16H,2-3,12-15H2,1H3,(H,32,37)(H2,34,35,38). The molecule has 0 spiro atoms. The first-order valence-electron chi connectivity index (χ1n) is 12.4. The summed E-state index contributed by atoms with van der Waals surface area (Å²) in [4.78, 5) is 30.4. The first kappa shape index (κ1) is 29.0. The van der Waals surface area contributed by atoms with Crippen LogP contribution in [0.5, 0.6) is 17.2 Å². The summed E-state index contributed by atoms with van der Waals surface area (Å²) in [6.45, 7) is 2.25. The highest BCUT2D eigenvalue weighted by atomic mass is 35.5. The van der Waals surface area contributed by atoms with E-state index in [-0.39, 0.29) is 23.2 Å². The van der Waals surface area contributed by atoms with Gasteiger partial charge in [-0.15, -0.1) is 0 Å². The molecule has 1 aliphatic heterocycles. The Morgan fingerprint density at radius 3 is 2.42 bits per heavy atom. The smallest absolute Gasteiger partial charge is 0.422 e. The molecule has 0 radical (unpaired) electrons. The summed E-state index contributed by atoms with van der Waals surface area (Å²) in [6.07, 6.45) is -1.32. The summed E-state index contributed by atoms with van der Waals surface area (Å²) in [5.74, 6) is -0.129. The highest BCUT2D eigenvalue weighted by molar-refractivity contribution is 6.32. The zero-order chi connectivity index (χ0) is 28.7. The Balaban J connectivity index is 1.41. The predicted octanol–water partition coefficient (Wildman–Crippen LogP) is 6.02. The molecule has 0 bridgehead atoms. The minimum atomic E-state index is -4.83. The van der Waals surface area contributed by atoms with Gasteiger partial charge in [-0.2, -0.15) is 13.2 Å². The van der Waals surface area contributed by atoms with Crippen LogP contribution in [-0.2, 0) is 6.18 Å². The normalized spacial score (nSPS) is 13.5.